The molecule has 2 fully saturated rings. The van der Waals surface area contributed by atoms with Gasteiger partial charge in [-0.1, -0.05) is 12.1 Å². The Morgan fingerprint density at radius 3 is 2.29 bits per heavy atom. The summed E-state index contributed by atoms with van der Waals surface area (Å²) in [5.41, 5.74) is 0.559. The standard InChI is InChI=1S/C23H22N2O8S2/c1-31-17-6-8-19(9-7-17)35(29,30)33-18-4-2-16(3-5-18)14-20-22(27)25(23(28)34-20)15-21(26)24-10-12-32-13-11-24/h2-9,14H,10-13,15H2,1H3/b20-14-. The smallest absolute Gasteiger partial charge is 0.339 e. The van der Waals surface area contributed by atoms with Crippen LogP contribution in [-0.2, 0) is 24.4 Å². The molecule has 0 saturated carbocycles. The van der Waals surface area contributed by atoms with Gasteiger partial charge in [-0.3, -0.25) is 19.3 Å². The van der Waals surface area contributed by atoms with Gasteiger partial charge in [0.15, 0.2) is 0 Å². The van der Waals surface area contributed by atoms with Crippen molar-refractivity contribution in [3.8, 4) is 11.5 Å². The van der Waals surface area contributed by atoms with Crippen molar-refractivity contribution < 1.29 is 36.5 Å². The fourth-order valence-electron chi connectivity index (χ4n) is 3.37. The highest BCUT2D eigenvalue weighted by atomic mass is 32.2. The number of carbonyl (C=O) groups excluding carboxylic acids is 3. The van der Waals surface area contributed by atoms with Crippen LogP contribution in [0.3, 0.4) is 0 Å². The molecular weight excluding hydrogens is 496 g/mol. The van der Waals surface area contributed by atoms with Crippen LogP contribution in [0, 0.1) is 0 Å². The molecule has 0 aliphatic carbocycles. The molecule has 0 bridgehead atoms. The molecule has 12 heteroatoms. The van der Waals surface area contributed by atoms with Crippen LogP contribution >= 0.6 is 11.8 Å². The third-order valence-corrected chi connectivity index (χ3v) is 7.43. The molecule has 2 aromatic rings. The number of hydrogen-bond donors (Lipinski definition) is 0. The molecule has 2 heterocycles. The van der Waals surface area contributed by atoms with Gasteiger partial charge in [-0.15, -0.1) is 0 Å². The van der Waals surface area contributed by atoms with Crippen molar-refractivity contribution in [1.82, 2.24) is 9.80 Å². The summed E-state index contributed by atoms with van der Waals surface area (Å²) in [4.78, 5) is 40.1. The monoisotopic (exact) mass is 518 g/mol. The van der Waals surface area contributed by atoms with E-state index in [1.807, 2.05) is 0 Å². The molecule has 2 aromatic carbocycles. The lowest BCUT2D eigenvalue weighted by Gasteiger charge is -2.28. The van der Waals surface area contributed by atoms with Crippen molar-refractivity contribution in [3.05, 3.63) is 59.0 Å². The van der Waals surface area contributed by atoms with Crippen molar-refractivity contribution >= 4 is 45.0 Å². The van der Waals surface area contributed by atoms with Crippen LogP contribution in [-0.4, -0.2) is 75.2 Å². The van der Waals surface area contributed by atoms with Crippen LogP contribution in [0.25, 0.3) is 6.08 Å². The van der Waals surface area contributed by atoms with Crippen molar-refractivity contribution in [2.45, 2.75) is 4.90 Å². The van der Waals surface area contributed by atoms with E-state index >= 15 is 0 Å². The topological polar surface area (TPSA) is 120 Å². The highest BCUT2D eigenvalue weighted by molar-refractivity contribution is 8.18. The predicted molar refractivity (Wildman–Crippen MR) is 127 cm³/mol. The lowest BCUT2D eigenvalue weighted by molar-refractivity contribution is -0.139. The number of ether oxygens (including phenoxy) is 2. The highest BCUT2D eigenvalue weighted by Crippen LogP contribution is 2.32. The number of morpholine rings is 1. The van der Waals surface area contributed by atoms with Crippen LogP contribution in [0.4, 0.5) is 4.79 Å². The van der Waals surface area contributed by atoms with E-state index in [2.05, 4.69) is 0 Å². The fourth-order valence-corrected chi connectivity index (χ4v) is 5.14. The quantitative estimate of drug-likeness (QED) is 0.402. The van der Waals surface area contributed by atoms with Gasteiger partial charge in [-0.2, -0.15) is 8.42 Å². The number of carbonyl (C=O) groups is 3. The summed E-state index contributed by atoms with van der Waals surface area (Å²) >= 11 is 0.745. The van der Waals surface area contributed by atoms with Crippen LogP contribution < -0.4 is 8.92 Å². The molecule has 2 saturated heterocycles. The summed E-state index contributed by atoms with van der Waals surface area (Å²) in [5, 5.41) is -0.520. The lowest BCUT2D eigenvalue weighted by Crippen LogP contribution is -2.46. The van der Waals surface area contributed by atoms with E-state index in [0.717, 1.165) is 16.7 Å². The summed E-state index contributed by atoms with van der Waals surface area (Å²) in [7, 11) is -2.56. The lowest BCUT2D eigenvalue weighted by atomic mass is 10.2. The van der Waals surface area contributed by atoms with E-state index in [-0.39, 0.29) is 28.0 Å². The molecule has 0 unspecified atom stereocenters. The number of thioether (sulfide) groups is 1. The van der Waals surface area contributed by atoms with E-state index in [0.29, 0.717) is 37.6 Å². The molecule has 10 nitrogen and oxygen atoms in total. The van der Waals surface area contributed by atoms with E-state index in [1.165, 1.54) is 49.6 Å². The number of nitrogens with zero attached hydrogens (tertiary/aromatic N) is 2. The van der Waals surface area contributed by atoms with Crippen molar-refractivity contribution in [1.29, 1.82) is 0 Å². The first-order valence-corrected chi connectivity index (χ1v) is 12.8. The third kappa shape index (κ3) is 5.84. The van der Waals surface area contributed by atoms with E-state index in [4.69, 9.17) is 13.7 Å². The van der Waals surface area contributed by atoms with Gasteiger partial charge in [-0.05, 0) is 59.8 Å². The summed E-state index contributed by atoms with van der Waals surface area (Å²) in [6, 6.07) is 11.8. The average Bonchev–Trinajstić information content (AvgIpc) is 3.12. The minimum Gasteiger partial charge on any atom is -0.497 e. The Balaban J connectivity index is 1.41. The van der Waals surface area contributed by atoms with Crippen LogP contribution in [0.5, 0.6) is 11.5 Å². The van der Waals surface area contributed by atoms with Crippen molar-refractivity contribution in [3.63, 3.8) is 0 Å². The van der Waals surface area contributed by atoms with Crippen molar-refractivity contribution in [2.75, 3.05) is 40.0 Å². The van der Waals surface area contributed by atoms with Gasteiger partial charge in [0.05, 0.1) is 25.2 Å². The maximum Gasteiger partial charge on any atom is 0.339 e. The Labute approximate surface area is 206 Å². The second kappa shape index (κ2) is 10.5. The van der Waals surface area contributed by atoms with Crippen LogP contribution in [0.2, 0.25) is 0 Å². The minimum atomic E-state index is -4.04. The molecule has 0 N–H and O–H groups in total. The molecule has 35 heavy (non-hydrogen) atoms. The molecule has 0 aromatic heterocycles. The molecular formula is C23H22N2O8S2. The fraction of sp³-hybridized carbons (Fsp3) is 0.261. The van der Waals surface area contributed by atoms with Gasteiger partial charge in [0.25, 0.3) is 11.1 Å². The molecule has 4 rings (SSSR count). The van der Waals surface area contributed by atoms with Crippen molar-refractivity contribution in [2.24, 2.45) is 0 Å². The highest BCUT2D eigenvalue weighted by Gasteiger charge is 2.37. The molecule has 0 radical (unpaired) electrons. The predicted octanol–water partition coefficient (Wildman–Crippen LogP) is 2.36. The Bertz CT molecular complexity index is 1250. The van der Waals surface area contributed by atoms with E-state index in [9.17, 15) is 22.8 Å². The Hall–Kier alpha value is -3.35. The van der Waals surface area contributed by atoms with Crippen LogP contribution in [0.15, 0.2) is 58.3 Å². The van der Waals surface area contributed by atoms with Gasteiger partial charge in [0, 0.05) is 13.1 Å². The maximum atomic E-state index is 12.7. The Kier molecular flexibility index (Phi) is 7.43. The van der Waals surface area contributed by atoms with Gasteiger partial charge >= 0.3 is 10.1 Å². The van der Waals surface area contributed by atoms with Gasteiger partial charge in [0.2, 0.25) is 5.91 Å². The van der Waals surface area contributed by atoms with Gasteiger partial charge < -0.3 is 18.6 Å². The molecule has 3 amide bonds. The largest absolute Gasteiger partial charge is 0.497 e. The van der Waals surface area contributed by atoms with E-state index < -0.39 is 21.3 Å². The van der Waals surface area contributed by atoms with Gasteiger partial charge in [0.1, 0.15) is 22.9 Å². The second-order valence-electron chi connectivity index (χ2n) is 7.54. The number of imide groups is 1. The van der Waals surface area contributed by atoms with E-state index in [1.54, 1.807) is 17.0 Å². The average molecular weight is 519 g/mol. The third-order valence-electron chi connectivity index (χ3n) is 5.26. The Morgan fingerprint density at radius 2 is 1.66 bits per heavy atom. The first kappa shape index (κ1) is 24.8. The number of hydrogen-bond acceptors (Lipinski definition) is 9. The summed E-state index contributed by atoms with van der Waals surface area (Å²) in [5.74, 6) is -0.259. The molecule has 0 atom stereocenters. The minimum absolute atomic E-state index is 0.0253. The summed E-state index contributed by atoms with van der Waals surface area (Å²) in [6.07, 6.45) is 1.51. The summed E-state index contributed by atoms with van der Waals surface area (Å²) < 4.78 is 40.4. The number of benzene rings is 2. The molecule has 184 valence electrons. The van der Waals surface area contributed by atoms with Crippen LogP contribution in [0.1, 0.15) is 5.56 Å². The zero-order valence-electron chi connectivity index (χ0n) is 18.7. The number of methoxy groups -OCH3 is 1. The second-order valence-corrected chi connectivity index (χ2v) is 10.1. The number of rotatable bonds is 7. The molecule has 2 aliphatic heterocycles. The normalized spacial score (nSPS) is 17.7. The maximum absolute atomic E-state index is 12.7. The zero-order valence-corrected chi connectivity index (χ0v) is 20.3. The Morgan fingerprint density at radius 1 is 1.03 bits per heavy atom. The first-order valence-electron chi connectivity index (χ1n) is 10.6. The SMILES string of the molecule is COc1ccc(S(=O)(=O)Oc2ccc(/C=C3\SC(=O)N(CC(=O)N4CCOCC4)C3=O)cc2)cc1. The first-order chi connectivity index (χ1) is 16.8. The molecule has 2 aliphatic rings. The molecule has 0 spiro atoms. The summed E-state index contributed by atoms with van der Waals surface area (Å²) in [6.45, 7) is 1.38. The zero-order chi connectivity index (χ0) is 25.0. The van der Waals surface area contributed by atoms with Gasteiger partial charge in [-0.25, -0.2) is 0 Å². The number of amides is 3.